The monoisotopic (exact) mass is 278 g/mol. The fourth-order valence-electron chi connectivity index (χ4n) is 2.43. The summed E-state index contributed by atoms with van der Waals surface area (Å²) < 4.78 is 6.90. The van der Waals surface area contributed by atoms with Crippen molar-refractivity contribution in [3.05, 3.63) is 40.1 Å². The van der Waals surface area contributed by atoms with E-state index in [-0.39, 0.29) is 6.10 Å². The molecule has 0 aliphatic heterocycles. The van der Waals surface area contributed by atoms with Crippen LogP contribution in [0.25, 0.3) is 0 Å². The van der Waals surface area contributed by atoms with Gasteiger partial charge in [0.1, 0.15) is 6.10 Å². The number of nitrogens with zero attached hydrogens (tertiary/aromatic N) is 2. The summed E-state index contributed by atoms with van der Waals surface area (Å²) in [5.74, 6) is 0. The molecule has 0 radical (unpaired) electrons. The second kappa shape index (κ2) is 5.05. The third-order valence-electron chi connectivity index (χ3n) is 3.25. The summed E-state index contributed by atoms with van der Waals surface area (Å²) in [5.41, 5.74) is 1.23. The fourth-order valence-corrected chi connectivity index (χ4v) is 3.66. The molecular weight excluding hydrogens is 264 g/mol. The van der Waals surface area contributed by atoms with Gasteiger partial charge in [0.15, 0.2) is 0 Å². The number of hydrogen-bond acceptors (Lipinski definition) is 4. The Labute approximate surface area is 114 Å². The highest BCUT2D eigenvalue weighted by Gasteiger charge is 2.23. The Kier molecular flexibility index (Phi) is 3.25. The molecule has 1 N–H and O–H groups in total. The lowest BCUT2D eigenvalue weighted by atomic mass is 9.96. The highest BCUT2D eigenvalue weighted by molar-refractivity contribution is 7.12. The van der Waals surface area contributed by atoms with Gasteiger partial charge < -0.3 is 14.4 Å². The van der Waals surface area contributed by atoms with Crippen molar-refractivity contribution in [2.75, 3.05) is 0 Å². The molecule has 100 valence electrons. The summed E-state index contributed by atoms with van der Waals surface area (Å²) in [4.78, 5) is 17.2. The van der Waals surface area contributed by atoms with E-state index in [0.29, 0.717) is 6.42 Å². The number of imidazole rings is 1. The number of rotatable bonds is 3. The molecule has 3 rings (SSSR count). The van der Waals surface area contributed by atoms with Crippen molar-refractivity contribution in [1.29, 1.82) is 0 Å². The van der Waals surface area contributed by atoms with Gasteiger partial charge in [0.05, 0.1) is 12.9 Å². The number of thiophene rings is 1. The number of aromatic nitrogens is 2. The molecule has 1 atom stereocenters. The molecule has 6 heteroatoms. The molecule has 2 heterocycles. The van der Waals surface area contributed by atoms with Gasteiger partial charge in [-0.2, -0.15) is 0 Å². The van der Waals surface area contributed by atoms with Gasteiger partial charge in [-0.05, 0) is 24.5 Å². The lowest BCUT2D eigenvalue weighted by molar-refractivity contribution is 0.0464. The predicted molar refractivity (Wildman–Crippen MR) is 70.6 cm³/mol. The van der Waals surface area contributed by atoms with E-state index in [9.17, 15) is 4.79 Å². The van der Waals surface area contributed by atoms with Crippen molar-refractivity contribution >= 4 is 17.5 Å². The van der Waals surface area contributed by atoms with Crippen molar-refractivity contribution in [3.8, 4) is 0 Å². The van der Waals surface area contributed by atoms with E-state index in [4.69, 9.17) is 9.84 Å². The van der Waals surface area contributed by atoms with Crippen LogP contribution in [0, 0.1) is 0 Å². The van der Waals surface area contributed by atoms with Gasteiger partial charge in [0, 0.05) is 28.6 Å². The maximum Gasteiger partial charge on any atom is 0.506 e. The quantitative estimate of drug-likeness (QED) is 0.876. The van der Waals surface area contributed by atoms with E-state index in [1.807, 2.05) is 10.8 Å². The third kappa shape index (κ3) is 2.78. The number of carbonyl (C=O) groups is 1. The maximum absolute atomic E-state index is 10.6. The van der Waals surface area contributed by atoms with Crippen LogP contribution in [0.5, 0.6) is 0 Å². The van der Waals surface area contributed by atoms with Crippen molar-refractivity contribution in [3.63, 3.8) is 0 Å². The average molecular weight is 278 g/mol. The minimum atomic E-state index is -1.18. The number of aryl methyl sites for hydroxylation is 1. The summed E-state index contributed by atoms with van der Waals surface area (Å²) in [6, 6.07) is 2.16. The number of carboxylic acid groups (broad SMARTS) is 1. The molecule has 2 aromatic heterocycles. The summed E-state index contributed by atoms with van der Waals surface area (Å²) in [5, 5.41) is 8.66. The zero-order valence-electron chi connectivity index (χ0n) is 10.3. The molecule has 0 fully saturated rings. The topological polar surface area (TPSA) is 64.3 Å². The fraction of sp³-hybridized carbons (Fsp3) is 0.385. The van der Waals surface area contributed by atoms with Gasteiger partial charge in [0.2, 0.25) is 0 Å². The van der Waals surface area contributed by atoms with Gasteiger partial charge in [-0.25, -0.2) is 9.78 Å². The first-order valence-electron chi connectivity index (χ1n) is 6.16. The van der Waals surface area contributed by atoms with Gasteiger partial charge >= 0.3 is 6.16 Å². The standard InChI is InChI=1S/C13H14N2O3S/c16-13(17)18-10-1-2-12-9(5-10)6-11(19-12)7-15-4-3-14-8-15/h3-4,6,8,10H,1-2,5,7H2,(H,16,17). The van der Waals surface area contributed by atoms with Crippen molar-refractivity contribution < 1.29 is 14.6 Å². The second-order valence-corrected chi connectivity index (χ2v) is 5.87. The van der Waals surface area contributed by atoms with Crippen molar-refractivity contribution in [1.82, 2.24) is 9.55 Å². The Morgan fingerprint density at radius 1 is 1.63 bits per heavy atom. The minimum Gasteiger partial charge on any atom is -0.450 e. The van der Waals surface area contributed by atoms with Crippen molar-refractivity contribution in [2.45, 2.75) is 31.9 Å². The van der Waals surface area contributed by atoms with E-state index in [0.717, 1.165) is 19.4 Å². The molecule has 19 heavy (non-hydrogen) atoms. The number of ether oxygens (including phenoxy) is 1. The summed E-state index contributed by atoms with van der Waals surface area (Å²) >= 11 is 1.80. The molecule has 5 nitrogen and oxygen atoms in total. The third-order valence-corrected chi connectivity index (χ3v) is 4.48. The van der Waals surface area contributed by atoms with E-state index in [1.165, 1.54) is 15.3 Å². The highest BCUT2D eigenvalue weighted by atomic mass is 32.1. The van der Waals surface area contributed by atoms with Crippen LogP contribution in [0.4, 0.5) is 4.79 Å². The van der Waals surface area contributed by atoms with Crippen LogP contribution in [0.3, 0.4) is 0 Å². The molecule has 0 bridgehead atoms. The summed E-state index contributed by atoms with van der Waals surface area (Å²) in [6.07, 6.45) is 6.52. The molecule has 0 saturated carbocycles. The molecule has 0 saturated heterocycles. The van der Waals surface area contributed by atoms with Gasteiger partial charge in [-0.15, -0.1) is 11.3 Å². The zero-order valence-corrected chi connectivity index (χ0v) is 11.1. The molecular formula is C13H14N2O3S. The van der Waals surface area contributed by atoms with E-state index >= 15 is 0 Å². The first-order chi connectivity index (χ1) is 9.20. The molecule has 1 aliphatic carbocycles. The Morgan fingerprint density at radius 3 is 3.26 bits per heavy atom. The summed E-state index contributed by atoms with van der Waals surface area (Å²) in [7, 11) is 0. The maximum atomic E-state index is 10.6. The van der Waals surface area contributed by atoms with Crippen LogP contribution in [-0.2, 0) is 24.1 Å². The van der Waals surface area contributed by atoms with E-state index in [2.05, 4.69) is 11.1 Å². The summed E-state index contributed by atoms with van der Waals surface area (Å²) in [6.45, 7) is 0.822. The first-order valence-corrected chi connectivity index (χ1v) is 6.98. The Hall–Kier alpha value is -1.82. The van der Waals surface area contributed by atoms with E-state index in [1.54, 1.807) is 23.9 Å². The second-order valence-electron chi connectivity index (χ2n) is 4.64. The Morgan fingerprint density at radius 2 is 2.53 bits per heavy atom. The smallest absolute Gasteiger partial charge is 0.450 e. The van der Waals surface area contributed by atoms with Gasteiger partial charge in [-0.3, -0.25) is 0 Å². The minimum absolute atomic E-state index is 0.194. The lowest BCUT2D eigenvalue weighted by Gasteiger charge is -2.20. The molecule has 1 unspecified atom stereocenters. The highest BCUT2D eigenvalue weighted by Crippen LogP contribution is 2.31. The predicted octanol–water partition coefficient (Wildman–Crippen LogP) is 2.54. The Bertz CT molecular complexity index is 577. The SMILES string of the molecule is O=C(O)OC1CCc2sc(Cn3ccnc3)cc2C1. The normalized spacial score (nSPS) is 18.0. The number of hydrogen-bond donors (Lipinski definition) is 1. The van der Waals surface area contributed by atoms with Crippen LogP contribution in [0.2, 0.25) is 0 Å². The molecule has 0 spiro atoms. The van der Waals surface area contributed by atoms with Crippen molar-refractivity contribution in [2.24, 2.45) is 0 Å². The van der Waals surface area contributed by atoms with Crippen LogP contribution in [0.1, 0.15) is 21.7 Å². The van der Waals surface area contributed by atoms with Gasteiger partial charge in [-0.1, -0.05) is 0 Å². The Balaban J connectivity index is 1.71. The average Bonchev–Trinajstić information content (AvgIpc) is 2.97. The largest absolute Gasteiger partial charge is 0.506 e. The van der Waals surface area contributed by atoms with Crippen LogP contribution < -0.4 is 0 Å². The van der Waals surface area contributed by atoms with Crippen LogP contribution in [0.15, 0.2) is 24.8 Å². The molecule has 2 aromatic rings. The molecule has 1 aliphatic rings. The molecule has 0 aromatic carbocycles. The molecule has 0 amide bonds. The number of fused-ring (bicyclic) bond motifs is 1. The van der Waals surface area contributed by atoms with Crippen LogP contribution >= 0.6 is 11.3 Å². The van der Waals surface area contributed by atoms with Crippen LogP contribution in [-0.4, -0.2) is 26.9 Å². The van der Waals surface area contributed by atoms with E-state index < -0.39 is 6.16 Å². The van der Waals surface area contributed by atoms with Gasteiger partial charge in [0.25, 0.3) is 0 Å². The first kappa shape index (κ1) is 12.2. The lowest BCUT2D eigenvalue weighted by Crippen LogP contribution is -2.23. The zero-order chi connectivity index (χ0) is 13.2.